The smallest absolute Gasteiger partial charge is 0.143 e. The Hall–Kier alpha value is -2.00. The van der Waals surface area contributed by atoms with Crippen molar-refractivity contribution in [2.75, 3.05) is 0 Å². The lowest BCUT2D eigenvalue weighted by Crippen LogP contribution is -2.03. The zero-order chi connectivity index (χ0) is 17.6. The van der Waals surface area contributed by atoms with Crippen molar-refractivity contribution in [3.63, 3.8) is 0 Å². The molecule has 1 aromatic heterocycles. The van der Waals surface area contributed by atoms with Gasteiger partial charge in [-0.1, -0.05) is 79.6 Å². The maximum atomic E-state index is 4.54. The van der Waals surface area contributed by atoms with Crippen LogP contribution >= 0.6 is 11.3 Å². The molecule has 0 unspecified atom stereocenters. The molecule has 2 aromatic carbocycles. The number of rotatable bonds is 7. The lowest BCUT2D eigenvalue weighted by Gasteiger charge is -2.13. The van der Waals surface area contributed by atoms with E-state index in [-0.39, 0.29) is 0 Å². The summed E-state index contributed by atoms with van der Waals surface area (Å²) < 4.78 is 0. The minimum Gasteiger partial charge on any atom is -0.143 e. The fourth-order valence-electron chi connectivity index (χ4n) is 3.15. The molecule has 2 nitrogen and oxygen atoms in total. The van der Waals surface area contributed by atoms with E-state index in [9.17, 15) is 0 Å². The zero-order valence-electron chi connectivity index (χ0n) is 15.3. The maximum absolute atomic E-state index is 4.54. The number of hydrogen-bond donors (Lipinski definition) is 0. The molecule has 3 aromatic rings. The van der Waals surface area contributed by atoms with Crippen molar-refractivity contribution in [2.24, 2.45) is 0 Å². The van der Waals surface area contributed by atoms with Gasteiger partial charge in [0.25, 0.3) is 0 Å². The Morgan fingerprint density at radius 1 is 0.960 bits per heavy atom. The van der Waals surface area contributed by atoms with E-state index in [0.29, 0.717) is 5.92 Å². The van der Waals surface area contributed by atoms with Gasteiger partial charge in [0, 0.05) is 11.5 Å². The van der Waals surface area contributed by atoms with Crippen LogP contribution in [0.4, 0.5) is 0 Å². The Kier molecular flexibility index (Phi) is 5.98. The van der Waals surface area contributed by atoms with Gasteiger partial charge in [-0.05, 0) is 43.4 Å². The van der Waals surface area contributed by atoms with E-state index in [1.54, 1.807) is 11.3 Å². The van der Waals surface area contributed by atoms with Gasteiger partial charge in [-0.15, -0.1) is 10.2 Å². The molecule has 0 fully saturated rings. The third kappa shape index (κ3) is 4.55. The molecule has 3 heteroatoms. The highest BCUT2D eigenvalue weighted by molar-refractivity contribution is 7.14. The second-order valence-corrected chi connectivity index (χ2v) is 7.68. The predicted molar refractivity (Wildman–Crippen MR) is 107 cm³/mol. The Morgan fingerprint density at radius 3 is 2.40 bits per heavy atom. The van der Waals surface area contributed by atoms with Crippen molar-refractivity contribution in [2.45, 2.75) is 52.4 Å². The van der Waals surface area contributed by atoms with Gasteiger partial charge in [-0.3, -0.25) is 0 Å². The second kappa shape index (κ2) is 8.39. The molecule has 0 spiro atoms. The zero-order valence-corrected chi connectivity index (χ0v) is 16.1. The monoisotopic (exact) mass is 350 g/mol. The molecule has 0 amide bonds. The summed E-state index contributed by atoms with van der Waals surface area (Å²) in [7, 11) is 0. The molecule has 0 radical (unpaired) electrons. The van der Waals surface area contributed by atoms with Crippen LogP contribution in [0.1, 0.15) is 54.3 Å². The summed E-state index contributed by atoms with van der Waals surface area (Å²) in [4.78, 5) is 0. The van der Waals surface area contributed by atoms with E-state index >= 15 is 0 Å². The molecule has 25 heavy (non-hydrogen) atoms. The second-order valence-electron chi connectivity index (χ2n) is 6.67. The van der Waals surface area contributed by atoms with Gasteiger partial charge in [0.05, 0.1) is 0 Å². The number of aryl methyl sites for hydroxylation is 2. The van der Waals surface area contributed by atoms with Crippen LogP contribution < -0.4 is 0 Å². The van der Waals surface area contributed by atoms with Crippen molar-refractivity contribution in [1.82, 2.24) is 10.2 Å². The molecular formula is C22H26N2S. The van der Waals surface area contributed by atoms with E-state index in [4.69, 9.17) is 0 Å². The van der Waals surface area contributed by atoms with Crippen molar-refractivity contribution >= 4 is 11.3 Å². The molecule has 0 saturated heterocycles. The Bertz CT molecular complexity index is 805. The van der Waals surface area contributed by atoms with Gasteiger partial charge in [-0.2, -0.15) is 0 Å². The summed E-state index contributed by atoms with van der Waals surface area (Å²) >= 11 is 1.75. The van der Waals surface area contributed by atoms with Crippen LogP contribution in [-0.4, -0.2) is 10.2 Å². The highest BCUT2D eigenvalue weighted by Crippen LogP contribution is 2.32. The molecule has 0 aliphatic carbocycles. The van der Waals surface area contributed by atoms with E-state index in [2.05, 4.69) is 79.5 Å². The summed E-state index contributed by atoms with van der Waals surface area (Å²) in [5.41, 5.74) is 5.22. The van der Waals surface area contributed by atoms with E-state index in [1.807, 2.05) is 0 Å². The predicted octanol–water partition coefficient (Wildman–Crippen LogP) is 6.20. The number of aromatic nitrogens is 2. The topological polar surface area (TPSA) is 25.8 Å². The van der Waals surface area contributed by atoms with Crippen LogP contribution in [-0.2, 0) is 12.8 Å². The van der Waals surface area contributed by atoms with Gasteiger partial charge in [-0.25, -0.2) is 0 Å². The lowest BCUT2D eigenvalue weighted by molar-refractivity contribution is 0.601. The van der Waals surface area contributed by atoms with Crippen molar-refractivity contribution in [3.05, 3.63) is 70.2 Å². The lowest BCUT2D eigenvalue weighted by atomic mass is 9.95. The summed E-state index contributed by atoms with van der Waals surface area (Å²) in [5, 5.41) is 11.2. The van der Waals surface area contributed by atoms with Crippen molar-refractivity contribution in [3.8, 4) is 10.6 Å². The van der Waals surface area contributed by atoms with Crippen LogP contribution in [0, 0.1) is 6.92 Å². The third-order valence-corrected chi connectivity index (χ3v) is 5.74. The van der Waals surface area contributed by atoms with Crippen LogP contribution in [0.2, 0.25) is 0 Å². The van der Waals surface area contributed by atoms with Crippen LogP contribution in [0.15, 0.2) is 48.5 Å². The average molecular weight is 351 g/mol. The molecule has 0 aliphatic heterocycles. The van der Waals surface area contributed by atoms with Crippen LogP contribution in [0.25, 0.3) is 10.6 Å². The van der Waals surface area contributed by atoms with Crippen LogP contribution in [0.5, 0.6) is 0 Å². The van der Waals surface area contributed by atoms with Crippen molar-refractivity contribution < 1.29 is 0 Å². The number of nitrogens with zero attached hydrogens (tertiary/aromatic N) is 2. The standard InChI is InChI=1S/C22H26N2S/c1-4-7-19(15-18-12-10-17(5-2)11-13-18)21-23-24-22(25-21)20-9-6-8-16(3)14-20/h6,8-14,19H,4-5,7,15H2,1-3H3/t19-/m0/s1. The molecule has 0 aliphatic rings. The van der Waals surface area contributed by atoms with Gasteiger partial charge >= 0.3 is 0 Å². The highest BCUT2D eigenvalue weighted by Gasteiger charge is 2.17. The first kappa shape index (κ1) is 17.8. The van der Waals surface area contributed by atoms with Gasteiger partial charge in [0.2, 0.25) is 0 Å². The Balaban J connectivity index is 1.80. The third-order valence-electron chi connectivity index (χ3n) is 4.61. The summed E-state index contributed by atoms with van der Waals surface area (Å²) in [6.45, 7) is 6.56. The largest absolute Gasteiger partial charge is 0.147 e. The van der Waals surface area contributed by atoms with E-state index in [0.717, 1.165) is 35.7 Å². The SMILES string of the molecule is CCC[C@@H](Cc1ccc(CC)cc1)c1nnc(-c2cccc(C)c2)s1. The van der Waals surface area contributed by atoms with Gasteiger partial charge in [0.15, 0.2) is 0 Å². The molecule has 130 valence electrons. The molecule has 0 N–H and O–H groups in total. The van der Waals surface area contributed by atoms with Crippen LogP contribution in [0.3, 0.4) is 0 Å². The molecule has 0 bridgehead atoms. The summed E-state index contributed by atoms with van der Waals surface area (Å²) in [6, 6.07) is 17.5. The molecular weight excluding hydrogens is 324 g/mol. The molecule has 1 heterocycles. The maximum Gasteiger partial charge on any atom is 0.147 e. The Morgan fingerprint density at radius 2 is 1.72 bits per heavy atom. The summed E-state index contributed by atoms with van der Waals surface area (Å²) in [6.07, 6.45) is 4.45. The normalized spacial score (nSPS) is 12.3. The molecule has 1 atom stereocenters. The van der Waals surface area contributed by atoms with E-state index < -0.39 is 0 Å². The minimum absolute atomic E-state index is 0.452. The first-order valence-corrected chi connectivity index (χ1v) is 9.99. The highest BCUT2D eigenvalue weighted by atomic mass is 32.1. The van der Waals surface area contributed by atoms with Gasteiger partial charge in [0.1, 0.15) is 10.0 Å². The molecule has 3 rings (SSSR count). The Labute approximate surface area is 155 Å². The first-order chi connectivity index (χ1) is 12.2. The van der Waals surface area contributed by atoms with Crippen molar-refractivity contribution in [1.29, 1.82) is 0 Å². The first-order valence-electron chi connectivity index (χ1n) is 9.17. The average Bonchev–Trinajstić information content (AvgIpc) is 3.12. The fraction of sp³-hybridized carbons (Fsp3) is 0.364. The fourth-order valence-corrected chi connectivity index (χ4v) is 4.13. The quantitative estimate of drug-likeness (QED) is 0.507. The minimum atomic E-state index is 0.452. The number of hydrogen-bond acceptors (Lipinski definition) is 3. The van der Waals surface area contributed by atoms with Gasteiger partial charge < -0.3 is 0 Å². The molecule has 0 saturated carbocycles. The van der Waals surface area contributed by atoms with E-state index in [1.165, 1.54) is 22.3 Å². The number of benzene rings is 2. The summed E-state index contributed by atoms with van der Waals surface area (Å²) in [5.74, 6) is 0.452.